The van der Waals surface area contributed by atoms with Gasteiger partial charge in [-0.1, -0.05) is 0 Å². The molecule has 6 nitrogen and oxygen atoms in total. The van der Waals surface area contributed by atoms with E-state index in [1.54, 1.807) is 0 Å². The van der Waals surface area contributed by atoms with E-state index in [0.717, 1.165) is 25.7 Å². The topological polar surface area (TPSA) is 95.5 Å². The summed E-state index contributed by atoms with van der Waals surface area (Å²) >= 11 is 0. The second kappa shape index (κ2) is 3.73. The van der Waals surface area contributed by atoms with Crippen molar-refractivity contribution in [3.05, 3.63) is 0 Å². The molecule has 0 saturated heterocycles. The van der Waals surface area contributed by atoms with E-state index in [1.165, 1.54) is 0 Å². The minimum atomic E-state index is -3.65. The zero-order valence-electron chi connectivity index (χ0n) is 8.14. The van der Waals surface area contributed by atoms with Crippen molar-refractivity contribution in [2.24, 2.45) is 5.92 Å². The maximum atomic E-state index is 11.4. The first kappa shape index (κ1) is 10.8. The molecule has 0 aliphatic heterocycles. The van der Waals surface area contributed by atoms with Crippen molar-refractivity contribution in [2.45, 2.75) is 37.8 Å². The number of carboxylic acids is 1. The third-order valence-electron chi connectivity index (χ3n) is 2.54. The zero-order chi connectivity index (χ0) is 11.1. The average Bonchev–Trinajstić information content (AvgIpc) is 2.92. The van der Waals surface area contributed by atoms with Crippen molar-refractivity contribution in [3.8, 4) is 0 Å². The number of hydrogen-bond acceptors (Lipinski definition) is 3. The second-order valence-corrected chi connectivity index (χ2v) is 5.65. The van der Waals surface area contributed by atoms with E-state index in [9.17, 15) is 13.2 Å². The van der Waals surface area contributed by atoms with Crippen LogP contribution in [0.1, 0.15) is 25.7 Å². The van der Waals surface area contributed by atoms with Crippen molar-refractivity contribution < 1.29 is 18.3 Å². The first-order valence-electron chi connectivity index (χ1n) is 5.00. The first-order chi connectivity index (χ1) is 6.98. The Hall–Kier alpha value is -0.660. The third-order valence-corrected chi connectivity index (χ3v) is 3.75. The third kappa shape index (κ3) is 3.15. The SMILES string of the molecule is O=C(O)C(NS(=O)(=O)NC1CC1)C1CC1. The van der Waals surface area contributed by atoms with Crippen LogP contribution in [-0.4, -0.2) is 31.6 Å². The van der Waals surface area contributed by atoms with Crippen LogP contribution in [0.15, 0.2) is 0 Å². The summed E-state index contributed by atoms with van der Waals surface area (Å²) in [5, 5.41) is 8.84. The van der Waals surface area contributed by atoms with Crippen LogP contribution in [0.3, 0.4) is 0 Å². The van der Waals surface area contributed by atoms with Crippen LogP contribution in [-0.2, 0) is 15.0 Å². The van der Waals surface area contributed by atoms with Crippen LogP contribution >= 0.6 is 0 Å². The van der Waals surface area contributed by atoms with E-state index in [0.29, 0.717) is 0 Å². The van der Waals surface area contributed by atoms with Crippen LogP contribution in [0.2, 0.25) is 0 Å². The molecule has 0 bridgehead atoms. The number of rotatable bonds is 6. The largest absolute Gasteiger partial charge is 0.480 e. The van der Waals surface area contributed by atoms with Gasteiger partial charge in [0, 0.05) is 6.04 Å². The lowest BCUT2D eigenvalue weighted by atomic mass is 10.2. The number of aliphatic carboxylic acids is 1. The summed E-state index contributed by atoms with van der Waals surface area (Å²) in [6.07, 6.45) is 3.23. The Labute approximate surface area is 88.2 Å². The quantitative estimate of drug-likeness (QED) is 0.574. The summed E-state index contributed by atoms with van der Waals surface area (Å²) in [5.74, 6) is -1.14. The number of nitrogens with one attached hydrogen (secondary N) is 2. The van der Waals surface area contributed by atoms with Crippen molar-refractivity contribution in [1.29, 1.82) is 0 Å². The van der Waals surface area contributed by atoms with Crippen molar-refractivity contribution in [1.82, 2.24) is 9.44 Å². The maximum absolute atomic E-state index is 11.4. The lowest BCUT2D eigenvalue weighted by molar-refractivity contribution is -0.139. The molecule has 2 aliphatic rings. The van der Waals surface area contributed by atoms with E-state index < -0.39 is 22.2 Å². The van der Waals surface area contributed by atoms with E-state index in [1.807, 2.05) is 0 Å². The number of carboxylic acid groups (broad SMARTS) is 1. The summed E-state index contributed by atoms with van der Waals surface area (Å²) in [7, 11) is -3.65. The lowest BCUT2D eigenvalue weighted by Crippen LogP contribution is -2.48. The molecule has 86 valence electrons. The van der Waals surface area contributed by atoms with Gasteiger partial charge in [-0.25, -0.2) is 0 Å². The molecule has 0 aromatic carbocycles. The minimum absolute atomic E-state index is 0.00357. The van der Waals surface area contributed by atoms with E-state index in [-0.39, 0.29) is 12.0 Å². The predicted molar refractivity (Wildman–Crippen MR) is 52.4 cm³/mol. The van der Waals surface area contributed by atoms with E-state index >= 15 is 0 Å². The molecule has 3 N–H and O–H groups in total. The molecule has 0 radical (unpaired) electrons. The molecular formula is C8H14N2O4S. The van der Waals surface area contributed by atoms with Crippen molar-refractivity contribution >= 4 is 16.2 Å². The highest BCUT2D eigenvalue weighted by Crippen LogP contribution is 2.33. The fourth-order valence-corrected chi connectivity index (χ4v) is 2.77. The van der Waals surface area contributed by atoms with Crippen molar-refractivity contribution in [3.63, 3.8) is 0 Å². The van der Waals surface area contributed by atoms with Crippen LogP contribution < -0.4 is 9.44 Å². The van der Waals surface area contributed by atoms with Gasteiger partial charge in [-0.15, -0.1) is 0 Å². The molecule has 0 aromatic rings. The molecule has 2 aliphatic carbocycles. The summed E-state index contributed by atoms with van der Waals surface area (Å²) < 4.78 is 27.5. The van der Waals surface area contributed by atoms with Gasteiger partial charge in [0.15, 0.2) is 0 Å². The second-order valence-electron chi connectivity index (χ2n) is 4.17. The Kier molecular flexibility index (Phi) is 2.70. The Bertz CT molecular complexity index is 359. The Morgan fingerprint density at radius 2 is 1.87 bits per heavy atom. The van der Waals surface area contributed by atoms with Gasteiger partial charge in [-0.2, -0.15) is 17.9 Å². The fourth-order valence-electron chi connectivity index (χ4n) is 1.40. The van der Waals surface area contributed by atoms with Crippen LogP contribution in [0.25, 0.3) is 0 Å². The molecule has 1 unspecified atom stereocenters. The van der Waals surface area contributed by atoms with Gasteiger partial charge in [-0.05, 0) is 31.6 Å². The highest BCUT2D eigenvalue weighted by atomic mass is 32.2. The number of carbonyl (C=O) groups is 1. The highest BCUT2D eigenvalue weighted by Gasteiger charge is 2.39. The lowest BCUT2D eigenvalue weighted by Gasteiger charge is -2.13. The van der Waals surface area contributed by atoms with Crippen LogP contribution in [0.4, 0.5) is 0 Å². The van der Waals surface area contributed by atoms with Gasteiger partial charge in [0.25, 0.3) is 10.2 Å². The van der Waals surface area contributed by atoms with Crippen molar-refractivity contribution in [2.75, 3.05) is 0 Å². The monoisotopic (exact) mass is 234 g/mol. The molecule has 0 amide bonds. The minimum Gasteiger partial charge on any atom is -0.480 e. The Morgan fingerprint density at radius 3 is 2.27 bits per heavy atom. The Balaban J connectivity index is 1.94. The molecule has 0 spiro atoms. The number of hydrogen-bond donors (Lipinski definition) is 3. The fraction of sp³-hybridized carbons (Fsp3) is 0.875. The average molecular weight is 234 g/mol. The molecular weight excluding hydrogens is 220 g/mol. The molecule has 15 heavy (non-hydrogen) atoms. The molecule has 2 saturated carbocycles. The molecule has 1 atom stereocenters. The maximum Gasteiger partial charge on any atom is 0.322 e. The molecule has 2 fully saturated rings. The summed E-state index contributed by atoms with van der Waals surface area (Å²) in [6, 6.07) is -0.975. The standard InChI is InChI=1S/C8H14N2O4S/c11-8(12)7(5-1-2-5)10-15(13,14)9-6-3-4-6/h5-7,9-10H,1-4H2,(H,11,12). The smallest absolute Gasteiger partial charge is 0.322 e. The molecule has 7 heteroatoms. The summed E-state index contributed by atoms with van der Waals surface area (Å²) in [5.41, 5.74) is 0. The predicted octanol–water partition coefficient (Wildman–Crippen LogP) is -0.564. The van der Waals surface area contributed by atoms with Gasteiger partial charge < -0.3 is 5.11 Å². The summed E-state index contributed by atoms with van der Waals surface area (Å²) in [4.78, 5) is 10.8. The van der Waals surface area contributed by atoms with Crippen LogP contribution in [0, 0.1) is 5.92 Å². The van der Waals surface area contributed by atoms with Gasteiger partial charge in [-0.3, -0.25) is 4.79 Å². The molecule has 2 rings (SSSR count). The van der Waals surface area contributed by atoms with Gasteiger partial charge >= 0.3 is 5.97 Å². The first-order valence-corrected chi connectivity index (χ1v) is 6.48. The zero-order valence-corrected chi connectivity index (χ0v) is 8.96. The normalized spacial score (nSPS) is 23.7. The van der Waals surface area contributed by atoms with Gasteiger partial charge in [0.05, 0.1) is 0 Å². The molecule has 0 heterocycles. The van der Waals surface area contributed by atoms with Crippen LogP contribution in [0.5, 0.6) is 0 Å². The van der Waals surface area contributed by atoms with Gasteiger partial charge in [0.1, 0.15) is 6.04 Å². The molecule has 0 aromatic heterocycles. The van der Waals surface area contributed by atoms with E-state index in [4.69, 9.17) is 5.11 Å². The highest BCUT2D eigenvalue weighted by molar-refractivity contribution is 7.87. The van der Waals surface area contributed by atoms with Gasteiger partial charge in [0.2, 0.25) is 0 Å². The summed E-state index contributed by atoms with van der Waals surface area (Å²) in [6.45, 7) is 0. The van der Waals surface area contributed by atoms with E-state index in [2.05, 4.69) is 9.44 Å². The Morgan fingerprint density at radius 1 is 1.27 bits per heavy atom.